The second-order valence-corrected chi connectivity index (χ2v) is 5.92. The van der Waals surface area contributed by atoms with Gasteiger partial charge in [-0.25, -0.2) is 0 Å². The molecule has 0 saturated heterocycles. The fourth-order valence-electron chi connectivity index (χ4n) is 2.05. The molecule has 1 aliphatic rings. The number of methoxy groups -OCH3 is 1. The average molecular weight is 397 g/mol. The van der Waals surface area contributed by atoms with Crippen molar-refractivity contribution in [3.63, 3.8) is 0 Å². The Morgan fingerprint density at radius 2 is 1.95 bits per heavy atom. The zero-order chi connectivity index (χ0) is 15.3. The SMILES string of the molecule is COC1(CCC(=O)Nc2ccccc2I)C=CC(=O)C=C1. The molecule has 1 N–H and O–H groups in total. The molecule has 0 unspecified atom stereocenters. The molecule has 1 aromatic rings. The van der Waals surface area contributed by atoms with Crippen molar-refractivity contribution in [2.45, 2.75) is 18.4 Å². The van der Waals surface area contributed by atoms with Crippen LogP contribution in [0.25, 0.3) is 0 Å². The Morgan fingerprint density at radius 3 is 2.57 bits per heavy atom. The molecule has 0 aromatic heterocycles. The third-order valence-corrected chi connectivity index (χ3v) is 4.27. The van der Waals surface area contributed by atoms with E-state index in [1.807, 2.05) is 24.3 Å². The molecule has 0 aliphatic heterocycles. The van der Waals surface area contributed by atoms with Crippen LogP contribution >= 0.6 is 22.6 Å². The van der Waals surface area contributed by atoms with E-state index in [0.717, 1.165) is 9.26 Å². The highest BCUT2D eigenvalue weighted by atomic mass is 127. The summed E-state index contributed by atoms with van der Waals surface area (Å²) in [5.74, 6) is -0.139. The van der Waals surface area contributed by atoms with Crippen LogP contribution in [0.5, 0.6) is 0 Å². The fraction of sp³-hybridized carbons (Fsp3) is 0.250. The molecule has 0 heterocycles. The molecule has 5 heteroatoms. The zero-order valence-corrected chi connectivity index (χ0v) is 13.8. The maximum Gasteiger partial charge on any atom is 0.224 e. The van der Waals surface area contributed by atoms with E-state index in [1.54, 1.807) is 19.3 Å². The normalized spacial score (nSPS) is 16.0. The summed E-state index contributed by atoms with van der Waals surface area (Å²) in [6.45, 7) is 0. The lowest BCUT2D eigenvalue weighted by atomic mass is 9.92. The minimum absolute atomic E-state index is 0.0639. The zero-order valence-electron chi connectivity index (χ0n) is 11.6. The molecular formula is C16H16INO3. The Bertz CT molecular complexity index is 591. The van der Waals surface area contributed by atoms with Gasteiger partial charge in [-0.2, -0.15) is 0 Å². The number of nitrogens with one attached hydrogen (secondary N) is 1. The van der Waals surface area contributed by atoms with E-state index in [0.29, 0.717) is 12.8 Å². The van der Waals surface area contributed by atoms with Crippen molar-refractivity contribution >= 4 is 40.0 Å². The van der Waals surface area contributed by atoms with E-state index in [4.69, 9.17) is 4.74 Å². The highest BCUT2D eigenvalue weighted by Crippen LogP contribution is 2.25. The van der Waals surface area contributed by atoms with Gasteiger partial charge in [-0.1, -0.05) is 12.1 Å². The quantitative estimate of drug-likeness (QED) is 0.778. The predicted octanol–water partition coefficient (Wildman–Crippen LogP) is 3.09. The van der Waals surface area contributed by atoms with Gasteiger partial charge in [0.05, 0.1) is 5.69 Å². The van der Waals surface area contributed by atoms with Crippen LogP contribution in [0.3, 0.4) is 0 Å². The number of rotatable bonds is 5. The van der Waals surface area contributed by atoms with Gasteiger partial charge in [0.25, 0.3) is 0 Å². The second-order valence-electron chi connectivity index (χ2n) is 4.76. The maximum absolute atomic E-state index is 12.0. The van der Waals surface area contributed by atoms with Gasteiger partial charge in [0.1, 0.15) is 5.60 Å². The van der Waals surface area contributed by atoms with Crippen LogP contribution in [0.15, 0.2) is 48.6 Å². The van der Waals surface area contributed by atoms with Gasteiger partial charge in [0, 0.05) is 17.1 Å². The van der Waals surface area contributed by atoms with Crippen molar-refractivity contribution in [2.24, 2.45) is 0 Å². The Labute approximate surface area is 137 Å². The van der Waals surface area contributed by atoms with E-state index in [-0.39, 0.29) is 11.7 Å². The minimum atomic E-state index is -0.672. The first-order valence-corrected chi connectivity index (χ1v) is 7.64. The Hall–Kier alpha value is -1.47. The largest absolute Gasteiger partial charge is 0.370 e. The van der Waals surface area contributed by atoms with Crippen molar-refractivity contribution in [2.75, 3.05) is 12.4 Å². The van der Waals surface area contributed by atoms with E-state index < -0.39 is 5.60 Å². The predicted molar refractivity (Wildman–Crippen MR) is 90.0 cm³/mol. The third kappa shape index (κ3) is 4.25. The molecule has 0 spiro atoms. The summed E-state index contributed by atoms with van der Waals surface area (Å²) in [5, 5.41) is 2.88. The molecule has 0 bridgehead atoms. The van der Waals surface area contributed by atoms with E-state index in [1.165, 1.54) is 12.2 Å². The summed E-state index contributed by atoms with van der Waals surface area (Å²) >= 11 is 2.18. The van der Waals surface area contributed by atoms with Gasteiger partial charge < -0.3 is 10.1 Å². The molecule has 0 radical (unpaired) electrons. The molecule has 21 heavy (non-hydrogen) atoms. The number of ether oxygens (including phenoxy) is 1. The molecular weight excluding hydrogens is 381 g/mol. The van der Waals surface area contributed by atoms with Gasteiger partial charge >= 0.3 is 0 Å². The fourth-order valence-corrected chi connectivity index (χ4v) is 2.57. The van der Waals surface area contributed by atoms with Gasteiger partial charge in [-0.05, 0) is 65.4 Å². The Morgan fingerprint density at radius 1 is 1.29 bits per heavy atom. The van der Waals surface area contributed by atoms with E-state index in [2.05, 4.69) is 27.9 Å². The molecule has 4 nitrogen and oxygen atoms in total. The van der Waals surface area contributed by atoms with Gasteiger partial charge in [0.2, 0.25) is 5.91 Å². The molecule has 1 amide bonds. The highest BCUT2D eigenvalue weighted by Gasteiger charge is 2.27. The van der Waals surface area contributed by atoms with E-state index in [9.17, 15) is 9.59 Å². The number of hydrogen-bond donors (Lipinski definition) is 1. The van der Waals surface area contributed by atoms with Crippen LogP contribution in [0.2, 0.25) is 0 Å². The first kappa shape index (κ1) is 15.9. The molecule has 1 aromatic carbocycles. The maximum atomic E-state index is 12.0. The van der Waals surface area contributed by atoms with Crippen LogP contribution in [0, 0.1) is 3.57 Å². The third-order valence-electron chi connectivity index (χ3n) is 3.33. The summed E-state index contributed by atoms with van der Waals surface area (Å²) < 4.78 is 6.44. The van der Waals surface area contributed by atoms with Gasteiger partial charge in [0.15, 0.2) is 5.78 Å². The second kappa shape index (κ2) is 7.00. The summed E-state index contributed by atoms with van der Waals surface area (Å²) in [5.41, 5.74) is 0.134. The van der Waals surface area contributed by atoms with Crippen LogP contribution in [0.4, 0.5) is 5.69 Å². The number of anilines is 1. The summed E-state index contributed by atoms with van der Waals surface area (Å²) in [6.07, 6.45) is 7.15. The van der Waals surface area contributed by atoms with Crippen LogP contribution in [-0.2, 0) is 14.3 Å². The smallest absolute Gasteiger partial charge is 0.224 e. The van der Waals surface area contributed by atoms with Crippen LogP contribution in [-0.4, -0.2) is 24.4 Å². The topological polar surface area (TPSA) is 55.4 Å². The molecule has 1 aliphatic carbocycles. The minimum Gasteiger partial charge on any atom is -0.370 e. The molecule has 0 saturated carbocycles. The van der Waals surface area contributed by atoms with Crippen molar-refractivity contribution < 1.29 is 14.3 Å². The van der Waals surface area contributed by atoms with Crippen molar-refractivity contribution in [3.05, 3.63) is 52.1 Å². The van der Waals surface area contributed by atoms with Gasteiger partial charge in [-0.3, -0.25) is 9.59 Å². The lowest BCUT2D eigenvalue weighted by Crippen LogP contribution is -2.30. The number of carbonyl (C=O) groups excluding carboxylic acids is 2. The first-order valence-electron chi connectivity index (χ1n) is 6.57. The highest BCUT2D eigenvalue weighted by molar-refractivity contribution is 14.1. The van der Waals surface area contributed by atoms with Crippen molar-refractivity contribution in [1.29, 1.82) is 0 Å². The summed E-state index contributed by atoms with van der Waals surface area (Å²) in [6, 6.07) is 7.61. The Balaban J connectivity index is 1.95. The summed E-state index contributed by atoms with van der Waals surface area (Å²) in [7, 11) is 1.57. The number of allylic oxidation sites excluding steroid dienone is 2. The molecule has 2 rings (SSSR count). The van der Waals surface area contributed by atoms with E-state index >= 15 is 0 Å². The number of amides is 1. The first-order chi connectivity index (χ1) is 10.0. The lowest BCUT2D eigenvalue weighted by Gasteiger charge is -2.27. The lowest BCUT2D eigenvalue weighted by molar-refractivity contribution is -0.117. The molecule has 0 fully saturated rings. The van der Waals surface area contributed by atoms with Crippen molar-refractivity contribution in [3.8, 4) is 0 Å². The number of halogens is 1. The average Bonchev–Trinajstić information content (AvgIpc) is 2.50. The number of carbonyl (C=O) groups is 2. The van der Waals surface area contributed by atoms with Crippen LogP contribution in [0.1, 0.15) is 12.8 Å². The van der Waals surface area contributed by atoms with Gasteiger partial charge in [-0.15, -0.1) is 0 Å². The number of ketones is 1. The standard InChI is InChI=1S/C16H16INO3/c1-21-16(9-6-12(19)7-10-16)11-8-15(20)18-14-5-3-2-4-13(14)17/h2-7,9-10H,8,11H2,1H3,(H,18,20). The monoisotopic (exact) mass is 397 g/mol. The number of hydrogen-bond acceptors (Lipinski definition) is 3. The van der Waals surface area contributed by atoms with Crippen LogP contribution < -0.4 is 5.32 Å². The molecule has 0 atom stereocenters. The van der Waals surface area contributed by atoms with Crippen molar-refractivity contribution in [1.82, 2.24) is 0 Å². The summed E-state index contributed by atoms with van der Waals surface area (Å²) in [4.78, 5) is 23.2. The molecule has 110 valence electrons. The number of benzene rings is 1. The Kier molecular flexibility index (Phi) is 5.30. The number of para-hydroxylation sites is 1.